The van der Waals surface area contributed by atoms with E-state index in [4.69, 9.17) is 0 Å². The Labute approximate surface area is 166 Å². The second kappa shape index (κ2) is 6.73. The number of fused-ring (bicyclic) bond motifs is 2. The molecule has 0 amide bonds. The van der Waals surface area contributed by atoms with Crippen molar-refractivity contribution in [3.8, 4) is 11.3 Å². The maximum atomic E-state index is 12.4. The summed E-state index contributed by atoms with van der Waals surface area (Å²) in [5.41, 5.74) is 6.04. The minimum absolute atomic E-state index is 0.169. The van der Waals surface area contributed by atoms with Crippen LogP contribution < -0.4 is 10.5 Å². The molecule has 5 heterocycles. The Morgan fingerprint density at radius 2 is 1.93 bits per heavy atom. The number of hydrogen-bond acceptors (Lipinski definition) is 7. The zero-order chi connectivity index (χ0) is 20.0. The summed E-state index contributed by atoms with van der Waals surface area (Å²) in [7, 11) is 0. The van der Waals surface area contributed by atoms with Gasteiger partial charge in [-0.05, 0) is 37.1 Å². The van der Waals surface area contributed by atoms with Crippen molar-refractivity contribution in [2.24, 2.45) is 0 Å². The van der Waals surface area contributed by atoms with E-state index in [1.807, 2.05) is 26.1 Å². The van der Waals surface area contributed by atoms with E-state index in [0.29, 0.717) is 17.9 Å². The van der Waals surface area contributed by atoms with Crippen molar-refractivity contribution in [1.29, 1.82) is 0 Å². The molecule has 0 bridgehead atoms. The van der Waals surface area contributed by atoms with Gasteiger partial charge in [0.2, 0.25) is 0 Å². The first-order valence-corrected chi connectivity index (χ1v) is 9.46. The molecule has 4 aromatic rings. The van der Waals surface area contributed by atoms with E-state index in [-0.39, 0.29) is 5.56 Å². The minimum Gasteiger partial charge on any atom is -0.350 e. The Kier molecular flexibility index (Phi) is 4.04. The Balaban J connectivity index is 1.54. The molecule has 0 radical (unpaired) electrons. The summed E-state index contributed by atoms with van der Waals surface area (Å²) in [4.78, 5) is 32.1. The first-order valence-electron chi connectivity index (χ1n) is 9.46. The van der Waals surface area contributed by atoms with Crippen molar-refractivity contribution >= 4 is 11.5 Å². The number of rotatable bonds is 2. The van der Waals surface area contributed by atoms with Crippen molar-refractivity contribution in [1.82, 2.24) is 29.5 Å². The Morgan fingerprint density at radius 1 is 1.03 bits per heavy atom. The van der Waals surface area contributed by atoms with Crippen molar-refractivity contribution in [3.63, 3.8) is 0 Å². The van der Waals surface area contributed by atoms with Crippen LogP contribution in [-0.4, -0.2) is 36.1 Å². The van der Waals surface area contributed by atoms with E-state index in [1.165, 1.54) is 10.6 Å². The van der Waals surface area contributed by atoms with Gasteiger partial charge in [-0.1, -0.05) is 0 Å². The molecular formula is C21H19N7O. The Hall–Kier alpha value is -3.68. The zero-order valence-electron chi connectivity index (χ0n) is 16.2. The van der Waals surface area contributed by atoms with Crippen molar-refractivity contribution in [2.45, 2.75) is 26.8 Å². The van der Waals surface area contributed by atoms with Gasteiger partial charge in [-0.25, -0.2) is 4.98 Å². The van der Waals surface area contributed by atoms with Gasteiger partial charge in [0.15, 0.2) is 11.5 Å². The quantitative estimate of drug-likeness (QED) is 0.522. The number of pyridine rings is 1. The van der Waals surface area contributed by atoms with Gasteiger partial charge in [0.1, 0.15) is 0 Å². The molecule has 0 fully saturated rings. The van der Waals surface area contributed by atoms with Gasteiger partial charge >= 0.3 is 0 Å². The average molecular weight is 385 g/mol. The average Bonchev–Trinajstić information content (AvgIpc) is 2.73. The first kappa shape index (κ1) is 17.4. The molecule has 0 spiro atoms. The van der Waals surface area contributed by atoms with Gasteiger partial charge in [-0.15, -0.1) is 5.10 Å². The predicted octanol–water partition coefficient (Wildman–Crippen LogP) is 2.12. The van der Waals surface area contributed by atoms with Gasteiger partial charge < -0.3 is 4.90 Å². The molecule has 0 saturated carbocycles. The maximum Gasteiger partial charge on any atom is 0.274 e. The molecule has 8 heteroatoms. The van der Waals surface area contributed by atoms with E-state index in [1.54, 1.807) is 18.6 Å². The standard InChI is InChI=1S/C21H19N7O/c1-13-7-19-25-14(2)8-20(29)28(19)26-21(13)27-6-3-17-16(12-27)9-15(10-24-17)18-11-22-4-5-23-18/h4-5,7-11H,3,6,12H2,1-2H3. The SMILES string of the molecule is Cc1cc(=O)n2nc(N3CCc4ncc(-c5cnccn5)cc4C3)c(C)cc2n1. The molecular weight excluding hydrogens is 366 g/mol. The summed E-state index contributed by atoms with van der Waals surface area (Å²) in [6.07, 6.45) is 7.74. The lowest BCUT2D eigenvalue weighted by molar-refractivity contribution is 0.685. The number of anilines is 1. The Morgan fingerprint density at radius 3 is 2.76 bits per heavy atom. The molecule has 1 aliphatic heterocycles. The van der Waals surface area contributed by atoms with Crippen molar-refractivity contribution in [3.05, 3.63) is 75.9 Å². The lowest BCUT2D eigenvalue weighted by Crippen LogP contribution is -2.33. The topological polar surface area (TPSA) is 89.2 Å². The highest BCUT2D eigenvalue weighted by atomic mass is 16.1. The second-order valence-electron chi connectivity index (χ2n) is 7.25. The number of aryl methyl sites for hydroxylation is 2. The third-order valence-corrected chi connectivity index (χ3v) is 5.14. The lowest BCUT2D eigenvalue weighted by Gasteiger charge is -2.30. The molecule has 0 atom stereocenters. The highest BCUT2D eigenvalue weighted by Crippen LogP contribution is 2.27. The molecule has 0 N–H and O–H groups in total. The van der Waals surface area contributed by atoms with Crippen LogP contribution in [0.1, 0.15) is 22.5 Å². The van der Waals surface area contributed by atoms with E-state index < -0.39 is 0 Å². The molecule has 4 aromatic heterocycles. The van der Waals surface area contributed by atoms with Crippen LogP contribution in [0.25, 0.3) is 16.9 Å². The van der Waals surface area contributed by atoms with Crippen LogP contribution in [0.2, 0.25) is 0 Å². The highest BCUT2D eigenvalue weighted by molar-refractivity contribution is 5.60. The van der Waals surface area contributed by atoms with Gasteiger partial charge in [0.25, 0.3) is 5.56 Å². The number of nitrogens with zero attached hydrogens (tertiary/aromatic N) is 7. The van der Waals surface area contributed by atoms with Crippen LogP contribution in [0.15, 0.2) is 47.8 Å². The molecule has 0 unspecified atom stereocenters. The molecule has 1 aliphatic rings. The van der Waals surface area contributed by atoms with E-state index >= 15 is 0 Å². The predicted molar refractivity (Wildman–Crippen MR) is 109 cm³/mol. The van der Waals surface area contributed by atoms with Crippen molar-refractivity contribution < 1.29 is 0 Å². The minimum atomic E-state index is -0.169. The third kappa shape index (κ3) is 3.12. The summed E-state index contributed by atoms with van der Waals surface area (Å²) < 4.78 is 1.37. The van der Waals surface area contributed by atoms with Crippen LogP contribution in [0.3, 0.4) is 0 Å². The Bertz CT molecular complexity index is 1280. The fraction of sp³-hybridized carbons (Fsp3) is 0.238. The normalized spacial score (nSPS) is 13.5. The number of aromatic nitrogens is 6. The van der Waals surface area contributed by atoms with Gasteiger partial charge in [0.05, 0.1) is 11.9 Å². The molecule has 5 rings (SSSR count). The van der Waals surface area contributed by atoms with E-state index in [0.717, 1.165) is 46.9 Å². The molecule has 0 saturated heterocycles. The summed E-state index contributed by atoms with van der Waals surface area (Å²) in [5.74, 6) is 0.792. The summed E-state index contributed by atoms with van der Waals surface area (Å²) in [6.45, 7) is 5.27. The van der Waals surface area contributed by atoms with Crippen molar-refractivity contribution in [2.75, 3.05) is 11.4 Å². The fourth-order valence-electron chi connectivity index (χ4n) is 3.75. The van der Waals surface area contributed by atoms with Crippen LogP contribution in [-0.2, 0) is 13.0 Å². The van der Waals surface area contributed by atoms with Crippen LogP contribution >= 0.6 is 0 Å². The maximum absolute atomic E-state index is 12.4. The van der Waals surface area contributed by atoms with Gasteiger partial charge in [-0.3, -0.25) is 19.7 Å². The summed E-state index contributed by atoms with van der Waals surface area (Å²) >= 11 is 0. The smallest absolute Gasteiger partial charge is 0.274 e. The second-order valence-corrected chi connectivity index (χ2v) is 7.25. The largest absolute Gasteiger partial charge is 0.350 e. The molecule has 0 aliphatic carbocycles. The lowest BCUT2D eigenvalue weighted by atomic mass is 10.0. The third-order valence-electron chi connectivity index (χ3n) is 5.14. The van der Waals surface area contributed by atoms with Crippen LogP contribution in [0.4, 0.5) is 5.82 Å². The fourth-order valence-corrected chi connectivity index (χ4v) is 3.75. The monoisotopic (exact) mass is 385 g/mol. The van der Waals surface area contributed by atoms with E-state index in [2.05, 4.69) is 36.0 Å². The van der Waals surface area contributed by atoms with E-state index in [9.17, 15) is 4.79 Å². The number of hydrogen-bond donors (Lipinski definition) is 0. The summed E-state index contributed by atoms with van der Waals surface area (Å²) in [6, 6.07) is 5.54. The molecule has 0 aromatic carbocycles. The van der Waals surface area contributed by atoms with Gasteiger partial charge in [0, 0.05) is 61.1 Å². The van der Waals surface area contributed by atoms with Crippen LogP contribution in [0.5, 0.6) is 0 Å². The van der Waals surface area contributed by atoms with Gasteiger partial charge in [-0.2, -0.15) is 4.52 Å². The van der Waals surface area contributed by atoms with Crippen LogP contribution in [0, 0.1) is 13.8 Å². The first-order chi connectivity index (χ1) is 14.1. The molecule has 8 nitrogen and oxygen atoms in total. The highest BCUT2D eigenvalue weighted by Gasteiger charge is 2.21. The zero-order valence-corrected chi connectivity index (χ0v) is 16.2. The summed E-state index contributed by atoms with van der Waals surface area (Å²) in [5, 5.41) is 4.62. The molecule has 144 valence electrons. The molecule has 29 heavy (non-hydrogen) atoms.